The largest absolute Gasteiger partial charge is 0.458 e. The zero-order valence-electron chi connectivity index (χ0n) is 5.64. The summed E-state index contributed by atoms with van der Waals surface area (Å²) in [6.45, 7) is 0. The first kappa shape index (κ1) is 7.13. The molecule has 0 N–H and O–H groups in total. The lowest BCUT2D eigenvalue weighted by atomic mass is 10.1. The molecule has 0 aromatic rings. The van der Waals surface area contributed by atoms with Gasteiger partial charge in [0.1, 0.15) is 0 Å². The van der Waals surface area contributed by atoms with Crippen LogP contribution in [0.2, 0.25) is 0 Å². The molecule has 0 radical (unpaired) electrons. The van der Waals surface area contributed by atoms with Crippen LogP contribution in [0.25, 0.3) is 0 Å². The topological polar surface area (TPSA) is 17.1 Å². The molecule has 0 aromatic heterocycles. The van der Waals surface area contributed by atoms with Crippen molar-refractivity contribution in [2.45, 2.75) is 32.1 Å². The fraction of sp³-hybridized carbons (Fsp3) is 1.00. The molecule has 0 aromatic carbocycles. The van der Waals surface area contributed by atoms with Crippen molar-refractivity contribution in [3.05, 3.63) is 0 Å². The van der Waals surface area contributed by atoms with E-state index in [1.54, 1.807) is 0 Å². The molecule has 1 saturated carbocycles. The predicted molar refractivity (Wildman–Crippen MR) is 39.5 cm³/mol. The van der Waals surface area contributed by atoms with Crippen molar-refractivity contribution in [2.75, 3.05) is 5.75 Å². The highest BCUT2D eigenvalue weighted by molar-refractivity contribution is 7.65. The fourth-order valence-electron chi connectivity index (χ4n) is 1.51. The summed E-state index contributed by atoms with van der Waals surface area (Å²) < 4.78 is 10.0. The second-order valence-electron chi connectivity index (χ2n) is 2.76. The zero-order chi connectivity index (χ0) is 6.53. The molecule has 9 heavy (non-hydrogen) atoms. The van der Waals surface area contributed by atoms with Gasteiger partial charge in [-0.15, -0.1) is 0 Å². The Morgan fingerprint density at radius 1 is 1.33 bits per heavy atom. The van der Waals surface area contributed by atoms with E-state index in [1.807, 2.05) is 0 Å². The van der Waals surface area contributed by atoms with Gasteiger partial charge in [-0.25, -0.2) is 0 Å². The van der Waals surface area contributed by atoms with Crippen LogP contribution in [0.15, 0.2) is 0 Å². The van der Waals surface area contributed by atoms with Gasteiger partial charge in [-0.2, -0.15) is 0 Å². The van der Waals surface area contributed by atoms with Gasteiger partial charge in [-0.3, -0.25) is 0 Å². The molecule has 1 aliphatic rings. The van der Waals surface area contributed by atoms with Gasteiger partial charge in [0.25, 0.3) is 0 Å². The summed E-state index contributed by atoms with van der Waals surface area (Å²) >= 11 is 0.738. The lowest BCUT2D eigenvalue weighted by Gasteiger charge is -1.99. The van der Waals surface area contributed by atoms with E-state index in [9.17, 15) is 4.21 Å². The van der Waals surface area contributed by atoms with Gasteiger partial charge >= 0.3 is 11.7 Å². The lowest BCUT2D eigenvalue weighted by Crippen LogP contribution is -1.95. The van der Waals surface area contributed by atoms with Crippen LogP contribution in [0, 0.1) is 5.92 Å². The van der Waals surface area contributed by atoms with Crippen molar-refractivity contribution >= 4 is 11.7 Å². The van der Waals surface area contributed by atoms with Crippen LogP contribution in [0.1, 0.15) is 32.1 Å². The first-order valence-electron chi connectivity index (χ1n) is 3.68. The number of rotatable bonds is 3. The first-order valence-corrected chi connectivity index (χ1v) is 4.59. The summed E-state index contributed by atoms with van der Waals surface area (Å²) in [5.74, 6) is 1.72. The quantitative estimate of drug-likeness (QED) is 0.555. The Kier molecular flexibility index (Phi) is 3.12. The maximum Gasteiger partial charge on any atom is 0.458 e. The first-order chi connectivity index (χ1) is 4.43. The van der Waals surface area contributed by atoms with Crippen molar-refractivity contribution in [3.63, 3.8) is 0 Å². The minimum Gasteiger partial charge on any atom is -0.0530 e. The van der Waals surface area contributed by atoms with Crippen molar-refractivity contribution < 1.29 is 4.21 Å². The Labute approximate surface area is 60.3 Å². The number of hydrogen-bond acceptors (Lipinski definition) is 1. The van der Waals surface area contributed by atoms with Gasteiger partial charge in [-0.05, 0) is 5.92 Å². The van der Waals surface area contributed by atoms with Crippen LogP contribution in [-0.2, 0) is 15.9 Å². The molecule has 0 saturated heterocycles. The Morgan fingerprint density at radius 3 is 2.56 bits per heavy atom. The van der Waals surface area contributed by atoms with E-state index in [0.717, 1.165) is 29.8 Å². The molecule has 0 spiro atoms. The smallest absolute Gasteiger partial charge is 0.0530 e. The Bertz CT molecular complexity index is 86.9. The van der Waals surface area contributed by atoms with Crippen molar-refractivity contribution in [2.24, 2.45) is 5.92 Å². The van der Waals surface area contributed by atoms with Crippen LogP contribution in [0.3, 0.4) is 0 Å². The molecule has 0 aliphatic heterocycles. The molecule has 0 heterocycles. The summed E-state index contributed by atoms with van der Waals surface area (Å²) in [7, 11) is 0. The Balaban J connectivity index is 2.04. The highest BCUT2D eigenvalue weighted by atomic mass is 32.1. The predicted octanol–water partition coefficient (Wildman–Crippen LogP) is 1.99. The third kappa shape index (κ3) is 2.39. The van der Waals surface area contributed by atoms with Crippen molar-refractivity contribution in [3.8, 4) is 0 Å². The minimum absolute atomic E-state index is 0.738. The maximum absolute atomic E-state index is 10.0. The second kappa shape index (κ2) is 3.94. The summed E-state index contributed by atoms with van der Waals surface area (Å²) in [6.07, 6.45) is 6.71. The standard InChI is InChI=1S/C7H13OS/c8-9-6-5-7-3-1-2-4-7/h7H,1-6H2/q+1. The van der Waals surface area contributed by atoms with Crippen molar-refractivity contribution in [1.82, 2.24) is 0 Å². The van der Waals surface area contributed by atoms with E-state index in [-0.39, 0.29) is 0 Å². The molecule has 1 rings (SSSR count). The van der Waals surface area contributed by atoms with E-state index in [2.05, 4.69) is 0 Å². The molecule has 0 atom stereocenters. The van der Waals surface area contributed by atoms with Gasteiger partial charge in [0.2, 0.25) is 5.75 Å². The van der Waals surface area contributed by atoms with E-state index in [4.69, 9.17) is 0 Å². The molecular weight excluding hydrogens is 132 g/mol. The molecule has 1 fully saturated rings. The van der Waals surface area contributed by atoms with Crippen LogP contribution >= 0.6 is 0 Å². The molecule has 1 nitrogen and oxygen atoms in total. The lowest BCUT2D eigenvalue weighted by molar-refractivity contribution is 0.529. The minimum atomic E-state index is 0.738. The SMILES string of the molecule is O=[S+]CCC1CCCC1. The van der Waals surface area contributed by atoms with Crippen LogP contribution < -0.4 is 0 Å². The van der Waals surface area contributed by atoms with Crippen LogP contribution in [0.4, 0.5) is 0 Å². The highest BCUT2D eigenvalue weighted by Crippen LogP contribution is 2.26. The van der Waals surface area contributed by atoms with Gasteiger partial charge in [0, 0.05) is 10.6 Å². The zero-order valence-corrected chi connectivity index (χ0v) is 6.45. The van der Waals surface area contributed by atoms with Crippen molar-refractivity contribution in [1.29, 1.82) is 0 Å². The Hall–Kier alpha value is 0.0200. The normalized spacial score (nSPS) is 20.4. The van der Waals surface area contributed by atoms with Gasteiger partial charge in [0.05, 0.1) is 0 Å². The third-order valence-corrected chi connectivity index (χ3v) is 2.49. The molecule has 2 heteroatoms. The van der Waals surface area contributed by atoms with Crippen LogP contribution in [-0.4, -0.2) is 5.75 Å². The third-order valence-electron chi connectivity index (χ3n) is 2.08. The Morgan fingerprint density at radius 2 is 2.00 bits per heavy atom. The average molecular weight is 145 g/mol. The maximum atomic E-state index is 10.0. The van der Waals surface area contributed by atoms with Gasteiger partial charge in [0.15, 0.2) is 0 Å². The number of hydrogen-bond donors (Lipinski definition) is 0. The summed E-state index contributed by atoms with van der Waals surface area (Å²) in [5.41, 5.74) is 0. The van der Waals surface area contributed by atoms with E-state index >= 15 is 0 Å². The van der Waals surface area contributed by atoms with Gasteiger partial charge in [-0.1, -0.05) is 25.7 Å². The van der Waals surface area contributed by atoms with E-state index in [1.165, 1.54) is 25.7 Å². The highest BCUT2D eigenvalue weighted by Gasteiger charge is 2.16. The molecule has 52 valence electrons. The van der Waals surface area contributed by atoms with E-state index in [0.29, 0.717) is 0 Å². The van der Waals surface area contributed by atoms with Crippen LogP contribution in [0.5, 0.6) is 0 Å². The fourth-order valence-corrected chi connectivity index (χ4v) is 1.94. The summed E-state index contributed by atoms with van der Waals surface area (Å²) in [4.78, 5) is 0. The summed E-state index contributed by atoms with van der Waals surface area (Å²) in [6, 6.07) is 0. The van der Waals surface area contributed by atoms with Gasteiger partial charge < -0.3 is 0 Å². The molecule has 1 aliphatic carbocycles. The van der Waals surface area contributed by atoms with E-state index < -0.39 is 0 Å². The summed E-state index contributed by atoms with van der Waals surface area (Å²) in [5, 5.41) is 0. The second-order valence-corrected chi connectivity index (χ2v) is 3.41. The molecule has 0 bridgehead atoms. The molecular formula is C7H13OS+. The monoisotopic (exact) mass is 145 g/mol. The molecule has 0 unspecified atom stereocenters. The average Bonchev–Trinajstić information content (AvgIpc) is 2.34. The molecule has 0 amide bonds.